The van der Waals surface area contributed by atoms with Crippen LogP contribution < -0.4 is 5.48 Å². The van der Waals surface area contributed by atoms with Crippen molar-refractivity contribution in [1.82, 2.24) is 5.48 Å². The van der Waals surface area contributed by atoms with Crippen LogP contribution >= 0.6 is 0 Å². The SMILES string of the molecule is Cc1cccc(C)c1CNOCC(C)C. The summed E-state index contributed by atoms with van der Waals surface area (Å²) in [4.78, 5) is 5.36. The first kappa shape index (κ1) is 12.2. The van der Waals surface area contributed by atoms with E-state index in [2.05, 4.69) is 51.4 Å². The van der Waals surface area contributed by atoms with Crippen LogP contribution in [-0.2, 0) is 11.4 Å². The third-order valence-electron chi connectivity index (χ3n) is 2.41. The fourth-order valence-electron chi connectivity index (χ4n) is 1.48. The highest BCUT2D eigenvalue weighted by Crippen LogP contribution is 2.12. The van der Waals surface area contributed by atoms with Gasteiger partial charge in [0.25, 0.3) is 0 Å². The molecule has 1 aromatic carbocycles. The second-order valence-electron chi connectivity index (χ2n) is 4.40. The summed E-state index contributed by atoms with van der Waals surface area (Å²) >= 11 is 0. The summed E-state index contributed by atoms with van der Waals surface area (Å²) in [6.07, 6.45) is 0. The van der Waals surface area contributed by atoms with E-state index in [4.69, 9.17) is 4.84 Å². The number of aryl methyl sites for hydroxylation is 2. The Kier molecular flexibility index (Phi) is 4.79. The molecule has 1 aromatic rings. The molecule has 0 unspecified atom stereocenters. The Morgan fingerprint density at radius 2 is 1.80 bits per heavy atom. The molecule has 0 fully saturated rings. The van der Waals surface area contributed by atoms with E-state index in [0.717, 1.165) is 13.2 Å². The fraction of sp³-hybridized carbons (Fsp3) is 0.538. The fourth-order valence-corrected chi connectivity index (χ4v) is 1.48. The Morgan fingerprint density at radius 3 is 2.33 bits per heavy atom. The molecular weight excluding hydrogens is 186 g/mol. The quantitative estimate of drug-likeness (QED) is 0.592. The molecule has 0 radical (unpaired) electrons. The second-order valence-corrected chi connectivity index (χ2v) is 4.40. The van der Waals surface area contributed by atoms with Crippen LogP contribution in [0, 0.1) is 19.8 Å². The molecule has 0 aliphatic rings. The highest BCUT2D eigenvalue weighted by Gasteiger charge is 2.01. The van der Waals surface area contributed by atoms with Crippen molar-refractivity contribution in [3.8, 4) is 0 Å². The van der Waals surface area contributed by atoms with Gasteiger partial charge in [-0.2, -0.15) is 5.48 Å². The third kappa shape index (κ3) is 4.02. The summed E-state index contributed by atoms with van der Waals surface area (Å²) in [5.74, 6) is 0.565. The maximum Gasteiger partial charge on any atom is 0.0705 e. The van der Waals surface area contributed by atoms with Gasteiger partial charge in [-0.15, -0.1) is 0 Å². The molecular formula is C13H21NO. The number of nitrogens with one attached hydrogen (secondary N) is 1. The molecule has 0 spiro atoms. The molecule has 0 aliphatic carbocycles. The third-order valence-corrected chi connectivity index (χ3v) is 2.41. The van der Waals surface area contributed by atoms with Gasteiger partial charge in [-0.05, 0) is 36.5 Å². The standard InChI is InChI=1S/C13H21NO/c1-10(2)9-15-14-8-13-11(3)6-5-7-12(13)4/h5-7,10,14H,8-9H2,1-4H3. The molecule has 15 heavy (non-hydrogen) atoms. The molecule has 0 saturated carbocycles. The summed E-state index contributed by atoms with van der Waals surface area (Å²) < 4.78 is 0. The smallest absolute Gasteiger partial charge is 0.0705 e. The summed E-state index contributed by atoms with van der Waals surface area (Å²) in [7, 11) is 0. The zero-order valence-electron chi connectivity index (χ0n) is 10.1. The molecule has 0 amide bonds. The van der Waals surface area contributed by atoms with Crippen LogP contribution in [0.15, 0.2) is 18.2 Å². The largest absolute Gasteiger partial charge is 0.301 e. The van der Waals surface area contributed by atoms with Crippen LogP contribution in [0.2, 0.25) is 0 Å². The molecule has 0 aromatic heterocycles. The summed E-state index contributed by atoms with van der Waals surface area (Å²) in [6.45, 7) is 10.1. The number of hydrogen-bond acceptors (Lipinski definition) is 2. The molecule has 0 aliphatic heterocycles. The van der Waals surface area contributed by atoms with Gasteiger partial charge >= 0.3 is 0 Å². The van der Waals surface area contributed by atoms with E-state index in [1.54, 1.807) is 0 Å². The van der Waals surface area contributed by atoms with Gasteiger partial charge in [-0.1, -0.05) is 32.0 Å². The average Bonchev–Trinajstić information content (AvgIpc) is 2.15. The van der Waals surface area contributed by atoms with Crippen LogP contribution in [0.1, 0.15) is 30.5 Å². The van der Waals surface area contributed by atoms with E-state index >= 15 is 0 Å². The molecule has 0 atom stereocenters. The Labute approximate surface area is 92.6 Å². The van der Waals surface area contributed by atoms with Crippen molar-refractivity contribution in [2.24, 2.45) is 5.92 Å². The van der Waals surface area contributed by atoms with Gasteiger partial charge in [0.15, 0.2) is 0 Å². The van der Waals surface area contributed by atoms with Crippen LogP contribution in [0.3, 0.4) is 0 Å². The first-order valence-corrected chi connectivity index (χ1v) is 5.51. The van der Waals surface area contributed by atoms with Crippen molar-refractivity contribution in [3.05, 3.63) is 34.9 Å². The van der Waals surface area contributed by atoms with Crippen molar-refractivity contribution in [3.63, 3.8) is 0 Å². The van der Waals surface area contributed by atoms with E-state index in [9.17, 15) is 0 Å². The van der Waals surface area contributed by atoms with E-state index in [-0.39, 0.29) is 0 Å². The minimum absolute atomic E-state index is 0.565. The van der Waals surface area contributed by atoms with E-state index in [1.165, 1.54) is 16.7 Å². The highest BCUT2D eigenvalue weighted by atomic mass is 16.6. The number of benzene rings is 1. The molecule has 1 rings (SSSR count). The zero-order chi connectivity index (χ0) is 11.3. The number of hydrogen-bond donors (Lipinski definition) is 1. The van der Waals surface area contributed by atoms with Gasteiger partial charge in [-0.25, -0.2) is 0 Å². The monoisotopic (exact) mass is 207 g/mol. The first-order valence-electron chi connectivity index (χ1n) is 5.51. The van der Waals surface area contributed by atoms with E-state index in [1.807, 2.05) is 0 Å². The lowest BCUT2D eigenvalue weighted by molar-refractivity contribution is 0.0195. The van der Waals surface area contributed by atoms with E-state index < -0.39 is 0 Å². The summed E-state index contributed by atoms with van der Waals surface area (Å²) in [5.41, 5.74) is 6.98. The molecule has 2 nitrogen and oxygen atoms in total. The van der Waals surface area contributed by atoms with Crippen molar-refractivity contribution in [1.29, 1.82) is 0 Å². The molecule has 0 saturated heterocycles. The second kappa shape index (κ2) is 5.89. The molecule has 1 N–H and O–H groups in total. The molecule has 0 bridgehead atoms. The minimum atomic E-state index is 0.565. The highest BCUT2D eigenvalue weighted by molar-refractivity contribution is 5.33. The van der Waals surface area contributed by atoms with Gasteiger partial charge in [0.2, 0.25) is 0 Å². The van der Waals surface area contributed by atoms with Crippen LogP contribution in [0.5, 0.6) is 0 Å². The Morgan fingerprint density at radius 1 is 1.20 bits per heavy atom. The molecule has 84 valence electrons. The van der Waals surface area contributed by atoms with Gasteiger partial charge < -0.3 is 4.84 Å². The maximum absolute atomic E-state index is 5.36. The van der Waals surface area contributed by atoms with Gasteiger partial charge in [-0.3, -0.25) is 0 Å². The van der Waals surface area contributed by atoms with Gasteiger partial charge in [0.05, 0.1) is 6.61 Å². The summed E-state index contributed by atoms with van der Waals surface area (Å²) in [5, 5.41) is 0. The van der Waals surface area contributed by atoms with Gasteiger partial charge in [0.1, 0.15) is 0 Å². The predicted octanol–water partition coefficient (Wildman–Crippen LogP) is 2.98. The Balaban J connectivity index is 2.43. The van der Waals surface area contributed by atoms with Crippen molar-refractivity contribution in [2.75, 3.05) is 6.61 Å². The number of hydroxylamine groups is 1. The van der Waals surface area contributed by atoms with Crippen molar-refractivity contribution in [2.45, 2.75) is 34.2 Å². The Hall–Kier alpha value is -0.860. The maximum atomic E-state index is 5.36. The van der Waals surface area contributed by atoms with Crippen molar-refractivity contribution >= 4 is 0 Å². The zero-order valence-corrected chi connectivity index (χ0v) is 10.1. The predicted molar refractivity (Wildman–Crippen MR) is 63.5 cm³/mol. The summed E-state index contributed by atoms with van der Waals surface area (Å²) in [6, 6.07) is 6.35. The lowest BCUT2D eigenvalue weighted by Gasteiger charge is -2.11. The van der Waals surface area contributed by atoms with Crippen LogP contribution in [0.4, 0.5) is 0 Å². The van der Waals surface area contributed by atoms with Crippen LogP contribution in [-0.4, -0.2) is 6.61 Å². The van der Waals surface area contributed by atoms with E-state index in [0.29, 0.717) is 5.92 Å². The first-order chi connectivity index (χ1) is 7.11. The average molecular weight is 207 g/mol. The Bertz CT molecular complexity index is 287. The van der Waals surface area contributed by atoms with Crippen LogP contribution in [0.25, 0.3) is 0 Å². The van der Waals surface area contributed by atoms with Gasteiger partial charge in [0, 0.05) is 6.54 Å². The number of rotatable bonds is 5. The molecule has 2 heteroatoms. The normalized spacial score (nSPS) is 11.0. The lowest BCUT2D eigenvalue weighted by Crippen LogP contribution is -2.18. The molecule has 0 heterocycles. The lowest BCUT2D eigenvalue weighted by atomic mass is 10.0. The van der Waals surface area contributed by atoms with Crippen molar-refractivity contribution < 1.29 is 4.84 Å². The minimum Gasteiger partial charge on any atom is -0.301 e. The topological polar surface area (TPSA) is 21.3 Å².